The van der Waals surface area contributed by atoms with Gasteiger partial charge in [0.2, 0.25) is 5.43 Å². The standard InChI is InChI=1S/C19H19FN4O3/c1-24-9-11(7-22-24)16(10-5-12(25)6-10)23-19(27)14-8-21-17-13(18(14)26)3-2-4-15(17)20/h2-4,7-10,12,16,25H,5-6H2,1H3,(H,21,26)(H,23,27)/t10?,12?,16-/m1/s1. The van der Waals surface area contributed by atoms with Crippen molar-refractivity contribution in [3.05, 3.63) is 64.0 Å². The number of aryl methyl sites for hydroxylation is 1. The zero-order valence-electron chi connectivity index (χ0n) is 14.6. The lowest BCUT2D eigenvalue weighted by Gasteiger charge is -2.37. The second-order valence-corrected chi connectivity index (χ2v) is 6.98. The van der Waals surface area contributed by atoms with Crippen LogP contribution in [0.15, 0.2) is 41.6 Å². The molecule has 0 radical (unpaired) electrons. The summed E-state index contributed by atoms with van der Waals surface area (Å²) in [5.41, 5.74) is 0.275. The quantitative estimate of drug-likeness (QED) is 0.650. The fourth-order valence-electron chi connectivity index (χ4n) is 3.58. The summed E-state index contributed by atoms with van der Waals surface area (Å²) in [6, 6.07) is 3.80. The number of amides is 1. The predicted molar refractivity (Wildman–Crippen MR) is 96.7 cm³/mol. The molecule has 27 heavy (non-hydrogen) atoms. The van der Waals surface area contributed by atoms with Crippen LogP contribution in [0.1, 0.15) is 34.8 Å². The molecule has 7 nitrogen and oxygen atoms in total. The number of para-hydroxylation sites is 1. The molecule has 140 valence electrons. The second-order valence-electron chi connectivity index (χ2n) is 6.98. The number of aromatic nitrogens is 3. The van der Waals surface area contributed by atoms with Gasteiger partial charge in [0.1, 0.15) is 11.4 Å². The number of aliphatic hydroxyl groups excluding tert-OH is 1. The first-order chi connectivity index (χ1) is 12.9. The Labute approximate surface area is 153 Å². The summed E-state index contributed by atoms with van der Waals surface area (Å²) < 4.78 is 15.5. The molecule has 3 N–H and O–H groups in total. The Morgan fingerprint density at radius 2 is 2.22 bits per heavy atom. The highest BCUT2D eigenvalue weighted by molar-refractivity contribution is 5.97. The number of fused-ring (bicyclic) bond motifs is 1. The van der Waals surface area contributed by atoms with Gasteiger partial charge in [-0.1, -0.05) is 6.07 Å². The van der Waals surface area contributed by atoms with E-state index >= 15 is 0 Å². The molecule has 1 fully saturated rings. The number of rotatable bonds is 4. The molecule has 4 rings (SSSR count). The third-order valence-electron chi connectivity index (χ3n) is 5.10. The van der Waals surface area contributed by atoms with Gasteiger partial charge in [-0.05, 0) is 30.9 Å². The second kappa shape index (κ2) is 6.62. The maximum Gasteiger partial charge on any atom is 0.257 e. The minimum atomic E-state index is -0.548. The number of hydrogen-bond acceptors (Lipinski definition) is 4. The Morgan fingerprint density at radius 1 is 1.44 bits per heavy atom. The Balaban J connectivity index is 1.66. The lowest BCUT2D eigenvalue weighted by atomic mass is 9.75. The van der Waals surface area contributed by atoms with E-state index in [1.807, 2.05) is 0 Å². The Morgan fingerprint density at radius 3 is 2.89 bits per heavy atom. The fraction of sp³-hybridized carbons (Fsp3) is 0.316. The molecule has 0 aliphatic heterocycles. The summed E-state index contributed by atoms with van der Waals surface area (Å²) in [4.78, 5) is 28.1. The van der Waals surface area contributed by atoms with E-state index in [1.54, 1.807) is 24.1 Å². The number of nitrogens with zero attached hydrogens (tertiary/aromatic N) is 2. The fourth-order valence-corrected chi connectivity index (χ4v) is 3.58. The highest BCUT2D eigenvalue weighted by atomic mass is 19.1. The lowest BCUT2D eigenvalue weighted by Crippen LogP contribution is -2.42. The Kier molecular flexibility index (Phi) is 4.27. The van der Waals surface area contributed by atoms with Crippen LogP contribution in [0.2, 0.25) is 0 Å². The van der Waals surface area contributed by atoms with Gasteiger partial charge in [-0.2, -0.15) is 5.10 Å². The van der Waals surface area contributed by atoms with Gasteiger partial charge >= 0.3 is 0 Å². The van der Waals surface area contributed by atoms with Gasteiger partial charge in [0.05, 0.1) is 23.9 Å². The van der Waals surface area contributed by atoms with Crippen molar-refractivity contribution in [2.45, 2.75) is 25.0 Å². The molecule has 1 aromatic carbocycles. The van der Waals surface area contributed by atoms with Gasteiger partial charge < -0.3 is 15.4 Å². The molecule has 0 bridgehead atoms. The zero-order chi connectivity index (χ0) is 19.1. The summed E-state index contributed by atoms with van der Waals surface area (Å²) in [7, 11) is 1.78. The van der Waals surface area contributed by atoms with E-state index in [9.17, 15) is 19.1 Å². The number of H-pyrrole nitrogens is 1. The molecule has 1 aliphatic carbocycles. The summed E-state index contributed by atoms with van der Waals surface area (Å²) in [6.07, 6.45) is 5.46. The third-order valence-corrected chi connectivity index (χ3v) is 5.10. The van der Waals surface area contributed by atoms with E-state index in [4.69, 9.17) is 0 Å². The molecular formula is C19H19FN4O3. The van der Waals surface area contributed by atoms with Crippen LogP contribution < -0.4 is 10.7 Å². The van der Waals surface area contributed by atoms with Crippen molar-refractivity contribution in [2.24, 2.45) is 13.0 Å². The number of hydrogen-bond donors (Lipinski definition) is 3. The van der Waals surface area contributed by atoms with E-state index in [1.165, 1.54) is 24.4 Å². The van der Waals surface area contributed by atoms with Crippen molar-refractivity contribution in [2.75, 3.05) is 0 Å². The summed E-state index contributed by atoms with van der Waals surface area (Å²) in [5, 5.41) is 16.8. The van der Waals surface area contributed by atoms with Crippen LogP contribution in [0, 0.1) is 11.7 Å². The van der Waals surface area contributed by atoms with Crippen LogP contribution in [0.3, 0.4) is 0 Å². The Hall–Kier alpha value is -3.00. The number of carbonyl (C=O) groups excluding carboxylic acids is 1. The van der Waals surface area contributed by atoms with Crippen LogP contribution in [-0.4, -0.2) is 31.9 Å². The van der Waals surface area contributed by atoms with Gasteiger partial charge in [0, 0.05) is 30.4 Å². The van der Waals surface area contributed by atoms with E-state index in [2.05, 4.69) is 15.4 Å². The number of benzene rings is 1. The van der Waals surface area contributed by atoms with Gasteiger partial charge in [-0.25, -0.2) is 4.39 Å². The van der Waals surface area contributed by atoms with Crippen LogP contribution in [0.5, 0.6) is 0 Å². The molecule has 1 aliphatic rings. The molecular weight excluding hydrogens is 351 g/mol. The molecule has 2 aromatic heterocycles. The van der Waals surface area contributed by atoms with Gasteiger partial charge in [-0.3, -0.25) is 14.3 Å². The van der Waals surface area contributed by atoms with Crippen molar-refractivity contribution in [3.8, 4) is 0 Å². The lowest BCUT2D eigenvalue weighted by molar-refractivity contribution is 0.0235. The monoisotopic (exact) mass is 370 g/mol. The minimum absolute atomic E-state index is 0.0603. The SMILES string of the molecule is Cn1cc([C@H](NC(=O)c2c[nH]c3c(F)cccc3c2=O)C2CC(O)C2)cn1. The third kappa shape index (κ3) is 3.12. The maximum absolute atomic E-state index is 13.8. The molecule has 0 spiro atoms. The Bertz CT molecular complexity index is 1070. The minimum Gasteiger partial charge on any atom is -0.393 e. The van der Waals surface area contributed by atoms with E-state index < -0.39 is 17.2 Å². The number of pyridine rings is 1. The molecule has 8 heteroatoms. The van der Waals surface area contributed by atoms with Crippen molar-refractivity contribution >= 4 is 16.8 Å². The highest BCUT2D eigenvalue weighted by Crippen LogP contribution is 2.38. The number of aliphatic hydroxyl groups is 1. The number of carbonyl (C=O) groups is 1. The van der Waals surface area contributed by atoms with Crippen LogP contribution in [0.25, 0.3) is 10.9 Å². The maximum atomic E-state index is 13.8. The van der Waals surface area contributed by atoms with Crippen molar-refractivity contribution in [1.29, 1.82) is 0 Å². The normalized spacial score (nSPS) is 20.3. The molecule has 1 atom stereocenters. The molecule has 2 heterocycles. The van der Waals surface area contributed by atoms with E-state index in [0.29, 0.717) is 12.8 Å². The first-order valence-electron chi connectivity index (χ1n) is 8.71. The van der Waals surface area contributed by atoms with E-state index in [-0.39, 0.29) is 34.5 Å². The number of halogens is 1. The van der Waals surface area contributed by atoms with Crippen LogP contribution in [-0.2, 0) is 7.05 Å². The first kappa shape index (κ1) is 17.4. The van der Waals surface area contributed by atoms with Crippen molar-refractivity contribution in [1.82, 2.24) is 20.1 Å². The smallest absolute Gasteiger partial charge is 0.257 e. The largest absolute Gasteiger partial charge is 0.393 e. The van der Waals surface area contributed by atoms with E-state index in [0.717, 1.165) is 5.56 Å². The van der Waals surface area contributed by atoms with Gasteiger partial charge in [-0.15, -0.1) is 0 Å². The van der Waals surface area contributed by atoms with Gasteiger partial charge in [0.25, 0.3) is 5.91 Å². The average molecular weight is 370 g/mol. The summed E-state index contributed by atoms with van der Waals surface area (Å²) >= 11 is 0. The average Bonchev–Trinajstić information content (AvgIpc) is 3.04. The van der Waals surface area contributed by atoms with Crippen LogP contribution in [0.4, 0.5) is 4.39 Å². The van der Waals surface area contributed by atoms with Crippen molar-refractivity contribution in [3.63, 3.8) is 0 Å². The first-order valence-corrected chi connectivity index (χ1v) is 8.71. The predicted octanol–water partition coefficient (Wildman–Crippen LogP) is 1.64. The van der Waals surface area contributed by atoms with Gasteiger partial charge in [0.15, 0.2) is 0 Å². The summed E-state index contributed by atoms with van der Waals surface area (Å²) in [6.45, 7) is 0. The molecule has 1 amide bonds. The highest BCUT2D eigenvalue weighted by Gasteiger charge is 2.36. The zero-order valence-corrected chi connectivity index (χ0v) is 14.6. The topological polar surface area (TPSA) is 100 Å². The summed E-state index contributed by atoms with van der Waals surface area (Å²) in [5.74, 6) is -1.03. The van der Waals surface area contributed by atoms with Crippen LogP contribution >= 0.6 is 0 Å². The molecule has 3 aromatic rings. The number of nitrogens with one attached hydrogen (secondary N) is 2. The van der Waals surface area contributed by atoms with Crippen molar-refractivity contribution < 1.29 is 14.3 Å². The number of aromatic amines is 1. The molecule has 1 saturated carbocycles. The molecule has 0 unspecified atom stereocenters. The molecule has 0 saturated heterocycles.